The number of nitrogens with one attached hydrogen (secondary N) is 1. The summed E-state index contributed by atoms with van der Waals surface area (Å²) < 4.78 is 28.5. The molecule has 3 atom stereocenters. The van der Waals surface area contributed by atoms with E-state index in [-0.39, 0.29) is 6.04 Å². The zero-order valence-electron chi connectivity index (χ0n) is 10.7. The molecule has 0 amide bonds. The van der Waals surface area contributed by atoms with Crippen LogP contribution >= 0.6 is 27.3 Å². The van der Waals surface area contributed by atoms with Gasteiger partial charge in [-0.2, -0.15) is 4.31 Å². The van der Waals surface area contributed by atoms with Crippen molar-refractivity contribution in [2.24, 2.45) is 11.8 Å². The van der Waals surface area contributed by atoms with Gasteiger partial charge in [0.25, 0.3) is 10.0 Å². The van der Waals surface area contributed by atoms with Gasteiger partial charge in [-0.1, -0.05) is 6.92 Å². The maximum Gasteiger partial charge on any atom is 0.252 e. The molecule has 0 saturated carbocycles. The summed E-state index contributed by atoms with van der Waals surface area (Å²) in [6.45, 7) is 4.64. The second-order valence-corrected chi connectivity index (χ2v) is 9.77. The van der Waals surface area contributed by atoms with E-state index in [1.807, 2.05) is 0 Å². The minimum Gasteiger partial charge on any atom is -0.316 e. The Morgan fingerprint density at radius 3 is 2.89 bits per heavy atom. The standard InChI is InChI=1S/C12H17BrN2O2S2/c1-2-10-9-6-14-5-8(9)7-15(10)19(16,17)12-4-3-11(13)18-12/h3-4,8-10,14H,2,5-7H2,1H3. The van der Waals surface area contributed by atoms with E-state index in [0.29, 0.717) is 22.6 Å². The molecule has 0 radical (unpaired) electrons. The van der Waals surface area contributed by atoms with Gasteiger partial charge in [0.05, 0.1) is 3.79 Å². The first-order valence-electron chi connectivity index (χ1n) is 6.52. The molecule has 106 valence electrons. The topological polar surface area (TPSA) is 49.4 Å². The first-order valence-corrected chi connectivity index (χ1v) is 9.57. The molecule has 2 saturated heterocycles. The van der Waals surface area contributed by atoms with Crippen LogP contribution in [0.4, 0.5) is 0 Å². The Balaban J connectivity index is 1.93. The zero-order valence-corrected chi connectivity index (χ0v) is 13.9. The Labute approximate surface area is 126 Å². The lowest BCUT2D eigenvalue weighted by atomic mass is 9.93. The second kappa shape index (κ2) is 5.11. The molecule has 1 aromatic heterocycles. The summed E-state index contributed by atoms with van der Waals surface area (Å²) in [5.41, 5.74) is 0. The molecule has 7 heteroatoms. The van der Waals surface area contributed by atoms with E-state index in [1.54, 1.807) is 16.4 Å². The molecule has 2 fully saturated rings. The first kappa shape index (κ1) is 14.0. The lowest BCUT2D eigenvalue weighted by molar-refractivity contribution is 0.329. The maximum atomic E-state index is 12.7. The van der Waals surface area contributed by atoms with Crippen LogP contribution in [0.5, 0.6) is 0 Å². The van der Waals surface area contributed by atoms with Crippen molar-refractivity contribution < 1.29 is 8.42 Å². The highest BCUT2D eigenvalue weighted by Gasteiger charge is 2.48. The van der Waals surface area contributed by atoms with Crippen molar-refractivity contribution in [3.8, 4) is 0 Å². The fraction of sp³-hybridized carbons (Fsp3) is 0.667. The highest BCUT2D eigenvalue weighted by molar-refractivity contribution is 9.11. The molecular weight excluding hydrogens is 348 g/mol. The molecule has 4 nitrogen and oxygen atoms in total. The molecular formula is C12H17BrN2O2S2. The van der Waals surface area contributed by atoms with Crippen LogP contribution in [0, 0.1) is 11.8 Å². The van der Waals surface area contributed by atoms with Gasteiger partial charge in [-0.25, -0.2) is 8.42 Å². The van der Waals surface area contributed by atoms with Gasteiger partial charge in [-0.05, 0) is 59.4 Å². The van der Waals surface area contributed by atoms with Crippen molar-refractivity contribution in [1.29, 1.82) is 0 Å². The molecule has 0 aliphatic carbocycles. The smallest absolute Gasteiger partial charge is 0.252 e. The third-order valence-corrected chi connectivity index (χ3v) is 8.18. The molecule has 3 heterocycles. The van der Waals surface area contributed by atoms with Gasteiger partial charge in [0.2, 0.25) is 0 Å². The molecule has 0 spiro atoms. The summed E-state index contributed by atoms with van der Waals surface area (Å²) in [7, 11) is -3.33. The van der Waals surface area contributed by atoms with Crippen molar-refractivity contribution >= 4 is 37.3 Å². The average molecular weight is 365 g/mol. The average Bonchev–Trinajstić information content (AvgIpc) is 3.02. The van der Waals surface area contributed by atoms with E-state index in [2.05, 4.69) is 28.2 Å². The van der Waals surface area contributed by atoms with E-state index >= 15 is 0 Å². The number of nitrogens with zero attached hydrogens (tertiary/aromatic N) is 1. The van der Waals surface area contributed by atoms with Crippen LogP contribution in [0.25, 0.3) is 0 Å². The number of hydrogen-bond donors (Lipinski definition) is 1. The quantitative estimate of drug-likeness (QED) is 0.893. The third-order valence-electron chi connectivity index (χ3n) is 4.20. The van der Waals surface area contributed by atoms with Crippen LogP contribution in [0.15, 0.2) is 20.1 Å². The Hall–Kier alpha value is 0.0500. The molecule has 19 heavy (non-hydrogen) atoms. The van der Waals surface area contributed by atoms with E-state index in [9.17, 15) is 8.42 Å². The second-order valence-electron chi connectivity index (χ2n) is 5.19. The largest absolute Gasteiger partial charge is 0.316 e. The number of thiophene rings is 1. The number of halogens is 1. The Bertz CT molecular complexity index is 572. The molecule has 0 bridgehead atoms. The van der Waals surface area contributed by atoms with Crippen LogP contribution in [0.2, 0.25) is 0 Å². The van der Waals surface area contributed by atoms with Crippen molar-refractivity contribution in [1.82, 2.24) is 9.62 Å². The van der Waals surface area contributed by atoms with Gasteiger partial charge in [0.15, 0.2) is 0 Å². The fourth-order valence-corrected chi connectivity index (χ4v) is 7.26. The van der Waals surface area contributed by atoms with Crippen LogP contribution in [0.1, 0.15) is 13.3 Å². The highest BCUT2D eigenvalue weighted by atomic mass is 79.9. The van der Waals surface area contributed by atoms with Crippen molar-refractivity contribution in [2.45, 2.75) is 23.6 Å². The third kappa shape index (κ3) is 2.29. The normalized spacial score (nSPS) is 31.8. The summed E-state index contributed by atoms with van der Waals surface area (Å²) in [6.07, 6.45) is 0.884. The molecule has 1 N–H and O–H groups in total. The molecule has 3 rings (SSSR count). The van der Waals surface area contributed by atoms with Crippen LogP contribution < -0.4 is 5.32 Å². The van der Waals surface area contributed by atoms with E-state index in [0.717, 1.165) is 23.3 Å². The number of rotatable bonds is 3. The van der Waals surface area contributed by atoms with E-state index < -0.39 is 10.0 Å². The summed E-state index contributed by atoms with van der Waals surface area (Å²) in [4.78, 5) is 0. The van der Waals surface area contributed by atoms with Crippen molar-refractivity contribution in [2.75, 3.05) is 19.6 Å². The predicted octanol–water partition coefficient (Wildman–Crippen LogP) is 2.13. The van der Waals surface area contributed by atoms with Gasteiger partial charge in [0, 0.05) is 12.6 Å². The highest BCUT2D eigenvalue weighted by Crippen LogP contribution is 2.39. The first-order chi connectivity index (χ1) is 9.04. The summed E-state index contributed by atoms with van der Waals surface area (Å²) in [5.74, 6) is 0.950. The van der Waals surface area contributed by atoms with Crippen LogP contribution in [-0.4, -0.2) is 38.4 Å². The van der Waals surface area contributed by atoms with Gasteiger partial charge >= 0.3 is 0 Å². The SMILES string of the molecule is CCC1C2CNCC2CN1S(=O)(=O)c1ccc(Br)s1. The molecule has 2 aliphatic rings. The minimum absolute atomic E-state index is 0.144. The number of hydrogen-bond acceptors (Lipinski definition) is 4. The van der Waals surface area contributed by atoms with Crippen LogP contribution in [0.3, 0.4) is 0 Å². The molecule has 3 unspecified atom stereocenters. The summed E-state index contributed by atoms with van der Waals surface area (Å²) >= 11 is 4.63. The molecule has 2 aliphatic heterocycles. The minimum atomic E-state index is -3.33. The summed E-state index contributed by atoms with van der Waals surface area (Å²) in [5, 5.41) is 3.38. The number of fused-ring (bicyclic) bond motifs is 1. The Kier molecular flexibility index (Phi) is 3.77. The molecule has 1 aromatic rings. The van der Waals surface area contributed by atoms with Gasteiger partial charge in [0.1, 0.15) is 4.21 Å². The van der Waals surface area contributed by atoms with Crippen molar-refractivity contribution in [3.05, 3.63) is 15.9 Å². The lowest BCUT2D eigenvalue weighted by Crippen LogP contribution is -2.39. The summed E-state index contributed by atoms with van der Waals surface area (Å²) in [6, 6.07) is 3.64. The van der Waals surface area contributed by atoms with E-state index in [1.165, 1.54) is 11.3 Å². The fourth-order valence-electron chi connectivity index (χ4n) is 3.32. The Morgan fingerprint density at radius 1 is 1.47 bits per heavy atom. The van der Waals surface area contributed by atoms with Gasteiger partial charge in [-0.15, -0.1) is 11.3 Å². The monoisotopic (exact) mass is 364 g/mol. The van der Waals surface area contributed by atoms with Gasteiger partial charge in [-0.3, -0.25) is 0 Å². The molecule has 0 aromatic carbocycles. The number of sulfonamides is 1. The lowest BCUT2D eigenvalue weighted by Gasteiger charge is -2.25. The van der Waals surface area contributed by atoms with Gasteiger partial charge < -0.3 is 5.32 Å². The van der Waals surface area contributed by atoms with Crippen molar-refractivity contribution in [3.63, 3.8) is 0 Å². The zero-order chi connectivity index (χ0) is 13.6. The van der Waals surface area contributed by atoms with E-state index in [4.69, 9.17) is 0 Å². The van der Waals surface area contributed by atoms with Crippen LogP contribution in [-0.2, 0) is 10.0 Å². The predicted molar refractivity (Wildman–Crippen MR) is 79.8 cm³/mol. The Morgan fingerprint density at radius 2 is 2.26 bits per heavy atom. The maximum absolute atomic E-state index is 12.7.